The lowest BCUT2D eigenvalue weighted by Gasteiger charge is -2.38. The highest BCUT2D eigenvalue weighted by atomic mass is 35.5. The third kappa shape index (κ3) is 9.13. The first-order valence-corrected chi connectivity index (χ1v) is 14.5. The molecule has 44 heavy (non-hydrogen) atoms. The fourth-order valence-electron chi connectivity index (χ4n) is 4.30. The Morgan fingerprint density at radius 1 is 0.750 bits per heavy atom. The molecule has 4 N–H and O–H groups in total. The van der Waals surface area contributed by atoms with Crippen LogP contribution in [0.5, 0.6) is 0 Å². The minimum atomic E-state index is -1.74. The van der Waals surface area contributed by atoms with Gasteiger partial charge in [0, 0.05) is 38.6 Å². The number of carbonyl (C=O) groups is 3. The number of amides is 3. The average Bonchev–Trinajstić information content (AvgIpc) is 2.95. The number of hydrogen-bond donors (Lipinski definition) is 4. The van der Waals surface area contributed by atoms with Crippen LogP contribution in [0.4, 0.5) is 31.4 Å². The Morgan fingerprint density at radius 2 is 1.18 bits per heavy atom. The van der Waals surface area contributed by atoms with E-state index < -0.39 is 42.9 Å². The summed E-state index contributed by atoms with van der Waals surface area (Å²) in [4.78, 5) is 38.2. The largest absolute Gasteiger partial charge is 0.447 e. The van der Waals surface area contributed by atoms with Crippen molar-refractivity contribution >= 4 is 70.1 Å². The van der Waals surface area contributed by atoms with Gasteiger partial charge >= 0.3 is 18.3 Å². The number of rotatable bonds is 7. The van der Waals surface area contributed by atoms with Gasteiger partial charge in [0.25, 0.3) is 0 Å². The van der Waals surface area contributed by atoms with Gasteiger partial charge in [-0.3, -0.25) is 16.0 Å². The zero-order valence-corrected chi connectivity index (χ0v) is 26.1. The van der Waals surface area contributed by atoms with E-state index in [9.17, 15) is 19.5 Å². The lowest BCUT2D eigenvalue weighted by Crippen LogP contribution is -2.53. The molecule has 0 bridgehead atoms. The van der Waals surface area contributed by atoms with Gasteiger partial charge in [0.15, 0.2) is 12.4 Å². The lowest BCUT2D eigenvalue weighted by atomic mass is 10.0. The van der Waals surface area contributed by atoms with Crippen LogP contribution in [0.3, 0.4) is 0 Å². The summed E-state index contributed by atoms with van der Waals surface area (Å²) in [7, 11) is 0. The molecule has 4 rings (SSSR count). The van der Waals surface area contributed by atoms with E-state index >= 15 is 0 Å². The van der Waals surface area contributed by atoms with Gasteiger partial charge in [0.1, 0.15) is 12.7 Å². The SMILES string of the molecule is Cc1ccc(Cl)cc1NC(=O)OC[C@@H]1C[C@@H](OC(=O)Nc2cc(Cl)ccc2C)[C@@H](OC(=O)Nc2cc(Cl)ccc2C)[C@@H](O)O1. The Morgan fingerprint density at radius 3 is 1.66 bits per heavy atom. The van der Waals surface area contributed by atoms with Crippen LogP contribution in [-0.2, 0) is 18.9 Å². The topological polar surface area (TPSA) is 144 Å². The maximum Gasteiger partial charge on any atom is 0.412 e. The Labute approximate surface area is 268 Å². The summed E-state index contributed by atoms with van der Waals surface area (Å²) < 4.78 is 21.9. The maximum absolute atomic E-state index is 12.9. The van der Waals surface area contributed by atoms with Gasteiger partial charge < -0.3 is 24.1 Å². The Balaban J connectivity index is 1.45. The number of anilines is 3. The van der Waals surface area contributed by atoms with E-state index in [0.29, 0.717) is 37.7 Å². The van der Waals surface area contributed by atoms with Crippen LogP contribution in [0, 0.1) is 20.8 Å². The molecular weight excluding hydrogens is 637 g/mol. The Kier molecular flexibility index (Phi) is 11.2. The van der Waals surface area contributed by atoms with E-state index in [0.717, 1.165) is 11.1 Å². The molecule has 14 heteroatoms. The maximum atomic E-state index is 12.9. The minimum absolute atomic E-state index is 0.101. The normalized spacial score (nSPS) is 19.4. The second-order valence-electron chi connectivity index (χ2n) is 10.0. The number of halogens is 3. The summed E-state index contributed by atoms with van der Waals surface area (Å²) in [6.45, 7) is 4.99. The lowest BCUT2D eigenvalue weighted by molar-refractivity contribution is -0.248. The molecule has 11 nitrogen and oxygen atoms in total. The summed E-state index contributed by atoms with van der Waals surface area (Å²) in [5, 5.41) is 19.8. The molecule has 0 radical (unpaired) electrons. The molecule has 0 saturated carbocycles. The standard InChI is InChI=1S/C30H30Cl3N3O8/c1-15-4-7-18(31)10-22(15)34-28(38)41-14-21-13-25(43-29(39)35-23-11-19(32)8-5-16(23)2)26(27(37)42-21)44-30(40)36-24-12-20(33)9-6-17(24)3/h4-12,21,25-27,37H,13-14H2,1-3H3,(H,34,38)(H,35,39)(H,36,40)/t21-,25+,26+,27-/m0/s1. The fourth-order valence-corrected chi connectivity index (χ4v) is 4.82. The van der Waals surface area contributed by atoms with Crippen LogP contribution in [0.2, 0.25) is 15.1 Å². The van der Waals surface area contributed by atoms with Gasteiger partial charge in [0.05, 0.1) is 6.10 Å². The van der Waals surface area contributed by atoms with Crippen molar-refractivity contribution in [1.29, 1.82) is 0 Å². The monoisotopic (exact) mass is 665 g/mol. The van der Waals surface area contributed by atoms with Crippen LogP contribution in [-0.4, -0.2) is 54.6 Å². The molecule has 0 spiro atoms. The number of nitrogens with one attached hydrogen (secondary N) is 3. The van der Waals surface area contributed by atoms with Crippen LogP contribution < -0.4 is 16.0 Å². The van der Waals surface area contributed by atoms with Crippen LogP contribution >= 0.6 is 34.8 Å². The molecule has 0 unspecified atom stereocenters. The third-order valence-corrected chi connectivity index (χ3v) is 7.39. The third-order valence-electron chi connectivity index (χ3n) is 6.69. The number of aryl methyl sites for hydroxylation is 3. The van der Waals surface area contributed by atoms with E-state index in [2.05, 4.69) is 16.0 Å². The van der Waals surface area contributed by atoms with Crippen molar-refractivity contribution in [2.75, 3.05) is 22.6 Å². The summed E-state index contributed by atoms with van der Waals surface area (Å²) in [6.07, 6.45) is -8.08. The van der Waals surface area contributed by atoms with Crippen molar-refractivity contribution in [2.45, 2.75) is 51.8 Å². The summed E-state index contributed by atoms with van der Waals surface area (Å²) in [5.41, 5.74) is 3.42. The number of hydrogen-bond acceptors (Lipinski definition) is 8. The van der Waals surface area contributed by atoms with Gasteiger partial charge in [-0.05, 0) is 73.9 Å². The summed E-state index contributed by atoms with van der Waals surface area (Å²) >= 11 is 18.1. The number of benzene rings is 3. The van der Waals surface area contributed by atoms with Crippen molar-refractivity contribution in [3.05, 3.63) is 86.4 Å². The highest BCUT2D eigenvalue weighted by Crippen LogP contribution is 2.28. The van der Waals surface area contributed by atoms with Gasteiger partial charge in [-0.25, -0.2) is 14.4 Å². The Bertz CT molecular complexity index is 1540. The Hall–Kier alpha value is -3.74. The van der Waals surface area contributed by atoms with Crippen molar-refractivity contribution in [3.63, 3.8) is 0 Å². The average molecular weight is 667 g/mol. The van der Waals surface area contributed by atoms with Crippen molar-refractivity contribution < 1.29 is 38.4 Å². The molecule has 3 aromatic carbocycles. The molecule has 3 amide bonds. The molecular formula is C30H30Cl3N3O8. The van der Waals surface area contributed by atoms with Gasteiger partial charge in [-0.1, -0.05) is 53.0 Å². The van der Waals surface area contributed by atoms with Crippen molar-refractivity contribution in [3.8, 4) is 0 Å². The highest BCUT2D eigenvalue weighted by molar-refractivity contribution is 6.31. The van der Waals surface area contributed by atoms with Gasteiger partial charge in [-0.15, -0.1) is 0 Å². The van der Waals surface area contributed by atoms with Crippen LogP contribution in [0.25, 0.3) is 0 Å². The molecule has 1 saturated heterocycles. The number of carbonyl (C=O) groups excluding carboxylic acids is 3. The van der Waals surface area contributed by atoms with Crippen molar-refractivity contribution in [1.82, 2.24) is 0 Å². The first kappa shape index (κ1) is 33.2. The molecule has 234 valence electrons. The fraction of sp³-hybridized carbons (Fsp3) is 0.300. The van der Waals surface area contributed by atoms with E-state index in [-0.39, 0.29) is 13.0 Å². The summed E-state index contributed by atoms with van der Waals surface area (Å²) in [6, 6.07) is 14.8. The zero-order chi connectivity index (χ0) is 32.0. The smallest absolute Gasteiger partial charge is 0.412 e. The predicted octanol–water partition coefficient (Wildman–Crippen LogP) is 7.46. The number of aliphatic hydroxyl groups excluding tert-OH is 1. The highest BCUT2D eigenvalue weighted by Gasteiger charge is 2.43. The first-order chi connectivity index (χ1) is 20.9. The van der Waals surface area contributed by atoms with Crippen LogP contribution in [0.1, 0.15) is 23.1 Å². The molecule has 3 aromatic rings. The number of ether oxygens (including phenoxy) is 4. The second kappa shape index (κ2) is 14.8. The molecule has 0 aliphatic carbocycles. The first-order valence-electron chi connectivity index (χ1n) is 13.4. The van der Waals surface area contributed by atoms with Gasteiger partial charge in [0.2, 0.25) is 0 Å². The van der Waals surface area contributed by atoms with E-state index in [1.807, 2.05) is 0 Å². The molecule has 4 atom stereocenters. The summed E-state index contributed by atoms with van der Waals surface area (Å²) in [5.74, 6) is 0. The van der Waals surface area contributed by atoms with Crippen molar-refractivity contribution in [2.24, 2.45) is 0 Å². The molecule has 1 aliphatic heterocycles. The molecule has 1 heterocycles. The van der Waals surface area contributed by atoms with E-state index in [4.69, 9.17) is 53.8 Å². The zero-order valence-electron chi connectivity index (χ0n) is 23.9. The number of aliphatic hydroxyl groups is 1. The predicted molar refractivity (Wildman–Crippen MR) is 167 cm³/mol. The molecule has 1 fully saturated rings. The quantitative estimate of drug-likeness (QED) is 0.190. The van der Waals surface area contributed by atoms with Gasteiger partial charge in [-0.2, -0.15) is 0 Å². The van der Waals surface area contributed by atoms with E-state index in [1.165, 1.54) is 6.07 Å². The molecule has 0 aromatic heterocycles. The minimum Gasteiger partial charge on any atom is -0.447 e. The second-order valence-corrected chi connectivity index (χ2v) is 11.4. The van der Waals surface area contributed by atoms with E-state index in [1.54, 1.807) is 69.3 Å². The molecule has 1 aliphatic rings. The van der Waals surface area contributed by atoms with Crippen LogP contribution in [0.15, 0.2) is 54.6 Å².